The Morgan fingerprint density at radius 1 is 0.968 bits per heavy atom. The molecule has 0 radical (unpaired) electrons. The van der Waals surface area contributed by atoms with Crippen LogP contribution in [0.5, 0.6) is 11.5 Å². The van der Waals surface area contributed by atoms with Gasteiger partial charge in [-0.15, -0.1) is 10.2 Å². The number of pyridine rings is 1. The van der Waals surface area contributed by atoms with Gasteiger partial charge in [-0.05, 0) is 54.6 Å². The van der Waals surface area contributed by atoms with Crippen LogP contribution in [0, 0.1) is 0 Å². The SMILES string of the molecule is O=C(Nc1nnc(-c2ccc(Oc3cccnc3)cc2)[nH]1)c1cccc(C(F)(F)F)c1. The van der Waals surface area contributed by atoms with Gasteiger partial charge in [0.2, 0.25) is 5.95 Å². The molecule has 0 saturated carbocycles. The quantitative estimate of drug-likeness (QED) is 0.473. The number of benzene rings is 2. The Hall–Kier alpha value is -4.21. The number of H-pyrrole nitrogens is 1. The molecule has 0 unspecified atom stereocenters. The molecule has 0 saturated heterocycles. The molecule has 4 aromatic rings. The number of nitrogens with one attached hydrogen (secondary N) is 2. The minimum Gasteiger partial charge on any atom is -0.456 e. The fourth-order valence-electron chi connectivity index (χ4n) is 2.69. The molecule has 0 aliphatic rings. The van der Waals surface area contributed by atoms with Crippen LogP contribution in [0.25, 0.3) is 11.4 Å². The van der Waals surface area contributed by atoms with Crippen molar-refractivity contribution in [2.75, 3.05) is 5.32 Å². The molecular weight excluding hydrogens is 411 g/mol. The van der Waals surface area contributed by atoms with E-state index in [1.165, 1.54) is 12.1 Å². The van der Waals surface area contributed by atoms with E-state index in [1.54, 1.807) is 48.8 Å². The smallest absolute Gasteiger partial charge is 0.416 e. The number of hydrogen-bond acceptors (Lipinski definition) is 5. The summed E-state index contributed by atoms with van der Waals surface area (Å²) in [5.41, 5.74) is -0.387. The topological polar surface area (TPSA) is 92.8 Å². The van der Waals surface area contributed by atoms with Crippen LogP contribution in [0.3, 0.4) is 0 Å². The van der Waals surface area contributed by atoms with Gasteiger partial charge in [-0.2, -0.15) is 13.2 Å². The van der Waals surface area contributed by atoms with Crippen molar-refractivity contribution < 1.29 is 22.7 Å². The van der Waals surface area contributed by atoms with Crippen LogP contribution in [0.15, 0.2) is 73.1 Å². The Kier molecular flexibility index (Phi) is 5.35. The van der Waals surface area contributed by atoms with Crippen LogP contribution in [0.4, 0.5) is 19.1 Å². The number of carbonyl (C=O) groups excluding carboxylic acids is 1. The summed E-state index contributed by atoms with van der Waals surface area (Å²) in [5.74, 6) is 0.818. The van der Waals surface area contributed by atoms with Gasteiger partial charge in [0.15, 0.2) is 5.82 Å². The summed E-state index contributed by atoms with van der Waals surface area (Å²) in [6.07, 6.45) is -1.31. The van der Waals surface area contributed by atoms with Crippen molar-refractivity contribution in [2.45, 2.75) is 6.18 Å². The fraction of sp³-hybridized carbons (Fsp3) is 0.0476. The lowest BCUT2D eigenvalue weighted by Crippen LogP contribution is -2.14. The number of anilines is 1. The highest BCUT2D eigenvalue weighted by Crippen LogP contribution is 2.29. The highest BCUT2D eigenvalue weighted by Gasteiger charge is 2.31. The highest BCUT2D eigenvalue weighted by atomic mass is 19.4. The van der Waals surface area contributed by atoms with E-state index >= 15 is 0 Å². The molecule has 0 fully saturated rings. The Morgan fingerprint density at radius 2 is 1.77 bits per heavy atom. The summed E-state index contributed by atoms with van der Waals surface area (Å²) in [6, 6.07) is 14.6. The number of carbonyl (C=O) groups is 1. The molecule has 0 spiro atoms. The first kappa shape index (κ1) is 20.1. The predicted octanol–water partition coefficient (Wildman–Crippen LogP) is 4.93. The van der Waals surface area contributed by atoms with E-state index in [0.29, 0.717) is 22.9 Å². The normalized spacial score (nSPS) is 11.2. The van der Waals surface area contributed by atoms with Gasteiger partial charge in [-0.3, -0.25) is 15.1 Å². The van der Waals surface area contributed by atoms with Gasteiger partial charge in [-0.1, -0.05) is 6.07 Å². The molecule has 156 valence electrons. The molecule has 7 nitrogen and oxygen atoms in total. The average Bonchev–Trinajstić information content (AvgIpc) is 3.23. The van der Waals surface area contributed by atoms with Gasteiger partial charge < -0.3 is 9.72 Å². The standard InChI is InChI=1S/C21H14F3N5O2/c22-21(23,24)15-4-1-3-14(11-15)19(30)27-20-26-18(28-29-20)13-6-8-16(9-7-13)31-17-5-2-10-25-12-17/h1-12H,(H2,26,27,28,29,30). The molecule has 0 aliphatic heterocycles. The molecule has 0 aliphatic carbocycles. The number of ether oxygens (including phenoxy) is 1. The molecule has 2 aromatic carbocycles. The first-order chi connectivity index (χ1) is 14.9. The number of halogens is 3. The third-order valence-corrected chi connectivity index (χ3v) is 4.17. The summed E-state index contributed by atoms with van der Waals surface area (Å²) in [5, 5.41) is 10.2. The summed E-state index contributed by atoms with van der Waals surface area (Å²) in [7, 11) is 0. The van der Waals surface area contributed by atoms with Crippen molar-refractivity contribution >= 4 is 11.9 Å². The zero-order valence-corrected chi connectivity index (χ0v) is 15.7. The highest BCUT2D eigenvalue weighted by molar-refractivity contribution is 6.03. The third-order valence-electron chi connectivity index (χ3n) is 4.17. The van der Waals surface area contributed by atoms with Gasteiger partial charge in [0.1, 0.15) is 11.5 Å². The summed E-state index contributed by atoms with van der Waals surface area (Å²) in [6.45, 7) is 0. The van der Waals surface area contributed by atoms with Gasteiger partial charge in [0, 0.05) is 17.3 Å². The molecule has 31 heavy (non-hydrogen) atoms. The predicted molar refractivity (Wildman–Crippen MR) is 106 cm³/mol. The van der Waals surface area contributed by atoms with Crippen molar-refractivity contribution in [3.05, 3.63) is 84.2 Å². The lowest BCUT2D eigenvalue weighted by atomic mass is 10.1. The second-order valence-electron chi connectivity index (χ2n) is 6.37. The molecular formula is C21H14F3N5O2. The Balaban J connectivity index is 1.44. The first-order valence-electron chi connectivity index (χ1n) is 8.98. The van der Waals surface area contributed by atoms with E-state index in [1.807, 2.05) is 0 Å². The molecule has 2 aromatic heterocycles. The second kappa shape index (κ2) is 8.27. The summed E-state index contributed by atoms with van der Waals surface area (Å²) >= 11 is 0. The van der Waals surface area contributed by atoms with Gasteiger partial charge in [0.25, 0.3) is 5.91 Å². The fourth-order valence-corrected chi connectivity index (χ4v) is 2.69. The van der Waals surface area contributed by atoms with Crippen molar-refractivity contribution in [1.82, 2.24) is 20.2 Å². The Morgan fingerprint density at radius 3 is 2.48 bits per heavy atom. The van der Waals surface area contributed by atoms with Gasteiger partial charge in [-0.25, -0.2) is 0 Å². The number of aromatic amines is 1. The number of amides is 1. The van der Waals surface area contributed by atoms with Crippen molar-refractivity contribution in [3.63, 3.8) is 0 Å². The average molecular weight is 425 g/mol. The number of aromatic nitrogens is 4. The number of rotatable bonds is 5. The number of alkyl halides is 3. The lowest BCUT2D eigenvalue weighted by molar-refractivity contribution is -0.137. The van der Waals surface area contributed by atoms with Crippen LogP contribution >= 0.6 is 0 Å². The molecule has 10 heteroatoms. The van der Waals surface area contributed by atoms with Crippen LogP contribution in [-0.4, -0.2) is 26.1 Å². The third kappa shape index (κ3) is 4.86. The molecule has 0 bridgehead atoms. The minimum absolute atomic E-state index is 0.00750. The van der Waals surface area contributed by atoms with E-state index in [0.717, 1.165) is 12.1 Å². The first-order valence-corrected chi connectivity index (χ1v) is 8.98. The Bertz CT molecular complexity index is 1190. The van der Waals surface area contributed by atoms with Gasteiger partial charge >= 0.3 is 6.18 Å². The van der Waals surface area contributed by atoms with E-state index < -0.39 is 17.6 Å². The molecule has 2 heterocycles. The summed E-state index contributed by atoms with van der Waals surface area (Å²) in [4.78, 5) is 19.1. The molecule has 0 atom stereocenters. The van der Waals surface area contributed by atoms with Crippen molar-refractivity contribution in [1.29, 1.82) is 0 Å². The monoisotopic (exact) mass is 425 g/mol. The molecule has 4 rings (SSSR count). The maximum atomic E-state index is 12.8. The van der Waals surface area contributed by atoms with Crippen LogP contribution < -0.4 is 10.1 Å². The van der Waals surface area contributed by atoms with Crippen molar-refractivity contribution in [2.24, 2.45) is 0 Å². The van der Waals surface area contributed by atoms with E-state index in [9.17, 15) is 18.0 Å². The second-order valence-corrected chi connectivity index (χ2v) is 6.37. The molecule has 2 N–H and O–H groups in total. The molecule has 1 amide bonds. The summed E-state index contributed by atoms with van der Waals surface area (Å²) < 4.78 is 44.1. The van der Waals surface area contributed by atoms with E-state index in [-0.39, 0.29) is 11.5 Å². The maximum absolute atomic E-state index is 12.8. The maximum Gasteiger partial charge on any atom is 0.416 e. The number of hydrogen-bond donors (Lipinski definition) is 2. The van der Waals surface area contributed by atoms with E-state index in [4.69, 9.17) is 4.74 Å². The van der Waals surface area contributed by atoms with Crippen LogP contribution in [0.1, 0.15) is 15.9 Å². The number of nitrogens with zero attached hydrogens (tertiary/aromatic N) is 3. The van der Waals surface area contributed by atoms with Crippen LogP contribution in [-0.2, 0) is 6.18 Å². The van der Waals surface area contributed by atoms with E-state index in [2.05, 4.69) is 25.5 Å². The van der Waals surface area contributed by atoms with Crippen LogP contribution in [0.2, 0.25) is 0 Å². The zero-order valence-electron chi connectivity index (χ0n) is 15.7. The van der Waals surface area contributed by atoms with Gasteiger partial charge in [0.05, 0.1) is 11.8 Å². The Labute approximate surface area is 173 Å². The minimum atomic E-state index is -4.54. The van der Waals surface area contributed by atoms with Crippen molar-refractivity contribution in [3.8, 4) is 22.9 Å². The lowest BCUT2D eigenvalue weighted by Gasteiger charge is -2.08. The zero-order chi connectivity index (χ0) is 21.8. The largest absolute Gasteiger partial charge is 0.456 e.